The highest BCUT2D eigenvalue weighted by molar-refractivity contribution is 6.31. The number of benzene rings is 2. The Labute approximate surface area is 156 Å². The molecule has 5 nitrogen and oxygen atoms in total. The number of carbonyl (C=O) groups is 1. The number of aromatic hydroxyl groups is 1. The van der Waals surface area contributed by atoms with Crippen molar-refractivity contribution in [1.29, 1.82) is 0 Å². The van der Waals surface area contributed by atoms with Crippen LogP contribution < -0.4 is 5.32 Å². The number of hydrogen-bond donors (Lipinski definition) is 2. The highest BCUT2D eigenvalue weighted by Gasteiger charge is 2.30. The topological polar surface area (TPSA) is 67.2 Å². The average molecular weight is 368 g/mol. The Kier molecular flexibility index (Phi) is 4.17. The number of phenolic OH excluding ortho intramolecular Hbond substituents is 1. The Morgan fingerprint density at radius 1 is 1.31 bits per heavy atom. The fourth-order valence-corrected chi connectivity index (χ4v) is 3.57. The molecule has 0 fully saturated rings. The number of carbonyl (C=O) groups excluding carboxylic acids is 1. The van der Waals surface area contributed by atoms with Crippen molar-refractivity contribution in [3.05, 3.63) is 75.9 Å². The van der Waals surface area contributed by atoms with Crippen molar-refractivity contribution in [2.45, 2.75) is 25.8 Å². The van der Waals surface area contributed by atoms with Gasteiger partial charge in [-0.3, -0.25) is 4.79 Å². The van der Waals surface area contributed by atoms with Crippen LogP contribution in [-0.2, 0) is 11.3 Å². The highest BCUT2D eigenvalue weighted by atomic mass is 35.5. The number of rotatable bonds is 3. The van der Waals surface area contributed by atoms with Crippen molar-refractivity contribution < 1.29 is 9.90 Å². The first-order valence-corrected chi connectivity index (χ1v) is 8.79. The van der Waals surface area contributed by atoms with E-state index in [-0.39, 0.29) is 17.6 Å². The highest BCUT2D eigenvalue weighted by Crippen LogP contribution is 2.38. The molecular formula is C20H18ClN3O2. The summed E-state index contributed by atoms with van der Waals surface area (Å²) in [5.41, 5.74) is 3.70. The number of nitrogens with zero attached hydrogens (tertiary/aromatic N) is 2. The summed E-state index contributed by atoms with van der Waals surface area (Å²) < 4.78 is 1.77. The summed E-state index contributed by atoms with van der Waals surface area (Å²) in [7, 11) is 0. The zero-order valence-corrected chi connectivity index (χ0v) is 15.0. The number of anilines is 1. The fourth-order valence-electron chi connectivity index (χ4n) is 3.37. The van der Waals surface area contributed by atoms with E-state index in [1.165, 1.54) is 0 Å². The van der Waals surface area contributed by atoms with Crippen LogP contribution in [0.3, 0.4) is 0 Å². The predicted molar refractivity (Wildman–Crippen MR) is 101 cm³/mol. The third-order valence-electron chi connectivity index (χ3n) is 4.79. The minimum atomic E-state index is -0.0851. The molecule has 1 aromatic heterocycles. The van der Waals surface area contributed by atoms with Crippen LogP contribution in [0.5, 0.6) is 5.75 Å². The van der Waals surface area contributed by atoms with Crippen LogP contribution in [0.15, 0.2) is 48.7 Å². The molecular weight excluding hydrogens is 350 g/mol. The van der Waals surface area contributed by atoms with E-state index >= 15 is 0 Å². The SMILES string of the molecule is Cc1cc([C@@H]2CC(=O)Nc3c2cnn3Cc2ccccc2Cl)ccc1O. The lowest BCUT2D eigenvalue weighted by Gasteiger charge is -2.24. The molecule has 1 aliphatic heterocycles. The minimum absolute atomic E-state index is 0.0471. The maximum Gasteiger partial charge on any atom is 0.226 e. The van der Waals surface area contributed by atoms with Gasteiger partial charge in [0.15, 0.2) is 0 Å². The third kappa shape index (κ3) is 2.95. The summed E-state index contributed by atoms with van der Waals surface area (Å²) >= 11 is 6.26. The predicted octanol–water partition coefficient (Wildman–Crippen LogP) is 4.07. The van der Waals surface area contributed by atoms with Crippen LogP contribution in [-0.4, -0.2) is 20.8 Å². The molecule has 2 heterocycles. The Morgan fingerprint density at radius 2 is 2.12 bits per heavy atom. The Morgan fingerprint density at radius 3 is 2.88 bits per heavy atom. The van der Waals surface area contributed by atoms with Gasteiger partial charge in [0.1, 0.15) is 11.6 Å². The lowest BCUT2D eigenvalue weighted by atomic mass is 9.86. The summed E-state index contributed by atoms with van der Waals surface area (Å²) in [6, 6.07) is 13.1. The van der Waals surface area contributed by atoms with Gasteiger partial charge in [-0.05, 0) is 35.7 Å². The first-order valence-electron chi connectivity index (χ1n) is 8.41. The van der Waals surface area contributed by atoms with Crippen LogP contribution >= 0.6 is 11.6 Å². The second kappa shape index (κ2) is 6.50. The number of hydrogen-bond acceptors (Lipinski definition) is 3. The number of phenols is 1. The summed E-state index contributed by atoms with van der Waals surface area (Å²) in [6.45, 7) is 2.33. The first-order chi connectivity index (χ1) is 12.5. The molecule has 132 valence electrons. The number of amides is 1. The fraction of sp³-hybridized carbons (Fsp3) is 0.200. The van der Waals surface area contributed by atoms with E-state index in [0.29, 0.717) is 23.8 Å². The molecule has 2 N–H and O–H groups in total. The van der Waals surface area contributed by atoms with Gasteiger partial charge in [0.05, 0.1) is 12.7 Å². The van der Waals surface area contributed by atoms with Gasteiger partial charge in [-0.25, -0.2) is 4.68 Å². The van der Waals surface area contributed by atoms with E-state index < -0.39 is 0 Å². The zero-order valence-electron chi connectivity index (χ0n) is 14.2. The van der Waals surface area contributed by atoms with Crippen LogP contribution in [0.25, 0.3) is 0 Å². The van der Waals surface area contributed by atoms with Gasteiger partial charge in [0.2, 0.25) is 5.91 Å². The van der Waals surface area contributed by atoms with Crippen LogP contribution in [0, 0.1) is 6.92 Å². The summed E-state index contributed by atoms with van der Waals surface area (Å²) in [6.07, 6.45) is 2.16. The lowest BCUT2D eigenvalue weighted by molar-refractivity contribution is -0.116. The molecule has 0 spiro atoms. The largest absolute Gasteiger partial charge is 0.508 e. The number of halogens is 1. The van der Waals surface area contributed by atoms with Crippen molar-refractivity contribution in [3.8, 4) is 5.75 Å². The van der Waals surface area contributed by atoms with Crippen LogP contribution in [0.4, 0.5) is 5.82 Å². The molecule has 2 aromatic carbocycles. The Balaban J connectivity index is 1.73. The maximum absolute atomic E-state index is 12.3. The summed E-state index contributed by atoms with van der Waals surface area (Å²) in [5, 5.41) is 17.9. The van der Waals surface area contributed by atoms with Gasteiger partial charge >= 0.3 is 0 Å². The molecule has 4 rings (SSSR count). The number of fused-ring (bicyclic) bond motifs is 1. The van der Waals surface area contributed by atoms with Crippen molar-refractivity contribution in [1.82, 2.24) is 9.78 Å². The standard InChI is InChI=1S/C20H18ClN3O2/c1-12-8-13(6-7-18(12)25)15-9-19(26)23-20-16(15)10-22-24(20)11-14-4-2-3-5-17(14)21/h2-8,10,15,25H,9,11H2,1H3,(H,23,26)/t15-/m0/s1. The molecule has 6 heteroatoms. The first kappa shape index (κ1) is 16.7. The minimum Gasteiger partial charge on any atom is -0.508 e. The van der Waals surface area contributed by atoms with Gasteiger partial charge in [-0.15, -0.1) is 0 Å². The van der Waals surface area contributed by atoms with Gasteiger partial charge in [0.25, 0.3) is 0 Å². The number of nitrogens with one attached hydrogen (secondary N) is 1. The van der Waals surface area contributed by atoms with Crippen LogP contribution in [0.1, 0.15) is 34.6 Å². The Hall–Kier alpha value is -2.79. The smallest absolute Gasteiger partial charge is 0.226 e. The van der Waals surface area contributed by atoms with E-state index in [0.717, 1.165) is 22.3 Å². The molecule has 0 radical (unpaired) electrons. The van der Waals surface area contributed by atoms with Crippen molar-refractivity contribution >= 4 is 23.3 Å². The van der Waals surface area contributed by atoms with Gasteiger partial charge in [-0.1, -0.05) is 41.9 Å². The maximum atomic E-state index is 12.3. The molecule has 0 bridgehead atoms. The van der Waals surface area contributed by atoms with E-state index in [2.05, 4.69) is 10.4 Å². The zero-order chi connectivity index (χ0) is 18.3. The van der Waals surface area contributed by atoms with Crippen molar-refractivity contribution in [3.63, 3.8) is 0 Å². The quantitative estimate of drug-likeness (QED) is 0.733. The molecule has 26 heavy (non-hydrogen) atoms. The normalized spacial score (nSPS) is 16.2. The summed E-state index contributed by atoms with van der Waals surface area (Å²) in [4.78, 5) is 12.3. The summed E-state index contributed by atoms with van der Waals surface area (Å²) in [5.74, 6) is 0.827. The van der Waals surface area contributed by atoms with Crippen molar-refractivity contribution in [2.24, 2.45) is 0 Å². The van der Waals surface area contributed by atoms with E-state index in [9.17, 15) is 9.90 Å². The molecule has 0 saturated carbocycles. The van der Waals surface area contributed by atoms with E-state index in [1.807, 2.05) is 43.3 Å². The molecule has 0 aliphatic carbocycles. The second-order valence-electron chi connectivity index (χ2n) is 6.55. The number of aromatic nitrogens is 2. The monoisotopic (exact) mass is 367 g/mol. The van der Waals surface area contributed by atoms with E-state index in [1.54, 1.807) is 16.9 Å². The van der Waals surface area contributed by atoms with Gasteiger partial charge < -0.3 is 10.4 Å². The lowest BCUT2D eigenvalue weighted by Crippen LogP contribution is -2.25. The van der Waals surface area contributed by atoms with Crippen LogP contribution in [0.2, 0.25) is 5.02 Å². The molecule has 1 amide bonds. The van der Waals surface area contributed by atoms with Gasteiger partial charge in [-0.2, -0.15) is 5.10 Å². The average Bonchev–Trinajstić information content (AvgIpc) is 3.01. The molecule has 3 aromatic rings. The van der Waals surface area contributed by atoms with E-state index in [4.69, 9.17) is 11.6 Å². The third-order valence-corrected chi connectivity index (χ3v) is 5.16. The molecule has 1 atom stereocenters. The van der Waals surface area contributed by atoms with Crippen molar-refractivity contribution in [2.75, 3.05) is 5.32 Å². The second-order valence-corrected chi connectivity index (χ2v) is 6.96. The molecule has 0 unspecified atom stereocenters. The molecule has 1 aliphatic rings. The van der Waals surface area contributed by atoms with Gasteiger partial charge in [0, 0.05) is 22.9 Å². The number of aryl methyl sites for hydroxylation is 1. The molecule has 0 saturated heterocycles. The Bertz CT molecular complexity index is 996.